The summed E-state index contributed by atoms with van der Waals surface area (Å²) >= 11 is 5.98. The summed E-state index contributed by atoms with van der Waals surface area (Å²) < 4.78 is 16.5. The quantitative estimate of drug-likeness (QED) is 0.681. The Labute approximate surface area is 122 Å². The van der Waals surface area contributed by atoms with Crippen LogP contribution in [-0.2, 0) is 25.4 Å². The maximum absolute atomic E-state index is 11.0. The Kier molecular flexibility index (Phi) is 4.86. The summed E-state index contributed by atoms with van der Waals surface area (Å²) in [5.41, 5.74) is 7.36. The van der Waals surface area contributed by atoms with Crippen molar-refractivity contribution in [2.24, 2.45) is 0 Å². The van der Waals surface area contributed by atoms with E-state index in [0.717, 1.165) is 12.0 Å². The second-order valence-corrected chi connectivity index (χ2v) is 5.20. The molecular weight excluding hydrogens is 282 g/mol. The Morgan fingerprint density at radius 1 is 1.45 bits per heavy atom. The van der Waals surface area contributed by atoms with Crippen molar-refractivity contribution in [3.63, 3.8) is 0 Å². The van der Waals surface area contributed by atoms with Gasteiger partial charge in [-0.05, 0) is 30.2 Å². The van der Waals surface area contributed by atoms with Crippen LogP contribution in [0.3, 0.4) is 0 Å². The predicted octanol–water partition coefficient (Wildman–Crippen LogP) is 2.16. The Balaban J connectivity index is 2.18. The van der Waals surface area contributed by atoms with E-state index in [9.17, 15) is 4.79 Å². The van der Waals surface area contributed by atoms with E-state index in [1.807, 2.05) is 0 Å². The minimum atomic E-state index is -0.983. The highest BCUT2D eigenvalue weighted by atomic mass is 35.5. The lowest BCUT2D eigenvalue weighted by molar-refractivity contribution is -0.283. The lowest BCUT2D eigenvalue weighted by Crippen LogP contribution is -2.47. The standard InChI is InChI=1S/C14H18ClNO4/c1-10(17)18-9-14(19-5-2-6-20-14)8-11-7-12(15)3-4-13(11)16/h3-4,7H,2,5-6,8-9,16H2,1H3. The van der Waals surface area contributed by atoms with Crippen LogP contribution in [0.5, 0.6) is 0 Å². The molecule has 2 N–H and O–H groups in total. The number of esters is 1. The first kappa shape index (κ1) is 15.1. The molecular formula is C14H18ClNO4. The van der Waals surface area contributed by atoms with Gasteiger partial charge in [-0.2, -0.15) is 0 Å². The smallest absolute Gasteiger partial charge is 0.302 e. The van der Waals surface area contributed by atoms with Gasteiger partial charge < -0.3 is 19.9 Å². The van der Waals surface area contributed by atoms with E-state index in [0.29, 0.717) is 30.3 Å². The van der Waals surface area contributed by atoms with Crippen molar-refractivity contribution in [3.8, 4) is 0 Å². The fraction of sp³-hybridized carbons (Fsp3) is 0.500. The third-order valence-corrected chi connectivity index (χ3v) is 3.31. The normalized spacial score (nSPS) is 17.7. The molecule has 0 amide bonds. The van der Waals surface area contributed by atoms with E-state index in [2.05, 4.69) is 0 Å². The second-order valence-electron chi connectivity index (χ2n) is 4.76. The molecule has 20 heavy (non-hydrogen) atoms. The number of benzene rings is 1. The molecule has 0 aromatic heterocycles. The van der Waals surface area contributed by atoms with Crippen molar-refractivity contribution in [1.29, 1.82) is 0 Å². The average molecular weight is 300 g/mol. The number of anilines is 1. The van der Waals surface area contributed by atoms with Gasteiger partial charge >= 0.3 is 5.97 Å². The van der Waals surface area contributed by atoms with E-state index >= 15 is 0 Å². The molecule has 0 atom stereocenters. The minimum Gasteiger partial charge on any atom is -0.460 e. The zero-order chi connectivity index (χ0) is 14.6. The monoisotopic (exact) mass is 299 g/mol. The van der Waals surface area contributed by atoms with Crippen LogP contribution in [0.25, 0.3) is 0 Å². The third kappa shape index (κ3) is 3.85. The number of hydrogen-bond acceptors (Lipinski definition) is 5. The van der Waals surface area contributed by atoms with Crippen LogP contribution in [-0.4, -0.2) is 31.6 Å². The van der Waals surface area contributed by atoms with Gasteiger partial charge in [0, 0.05) is 24.1 Å². The molecule has 1 aliphatic rings. The first-order chi connectivity index (χ1) is 9.51. The Morgan fingerprint density at radius 3 is 2.80 bits per heavy atom. The zero-order valence-electron chi connectivity index (χ0n) is 11.4. The van der Waals surface area contributed by atoms with Crippen molar-refractivity contribution in [1.82, 2.24) is 0 Å². The Morgan fingerprint density at radius 2 is 2.15 bits per heavy atom. The summed E-state index contributed by atoms with van der Waals surface area (Å²) in [6.45, 7) is 2.50. The lowest BCUT2D eigenvalue weighted by Gasteiger charge is -2.36. The summed E-state index contributed by atoms with van der Waals surface area (Å²) in [6.07, 6.45) is 1.19. The maximum Gasteiger partial charge on any atom is 0.302 e. The Hall–Kier alpha value is -1.30. The molecule has 5 nitrogen and oxygen atoms in total. The SMILES string of the molecule is CC(=O)OCC1(Cc2cc(Cl)ccc2N)OCCCO1. The van der Waals surface area contributed by atoms with Crippen molar-refractivity contribution in [2.75, 3.05) is 25.6 Å². The van der Waals surface area contributed by atoms with Gasteiger partial charge in [-0.15, -0.1) is 0 Å². The molecule has 2 rings (SSSR count). The van der Waals surface area contributed by atoms with Crippen LogP contribution in [0.15, 0.2) is 18.2 Å². The van der Waals surface area contributed by atoms with Gasteiger partial charge in [-0.1, -0.05) is 11.6 Å². The number of halogens is 1. The van der Waals surface area contributed by atoms with Crippen molar-refractivity contribution >= 4 is 23.3 Å². The number of nitrogens with two attached hydrogens (primary N) is 1. The van der Waals surface area contributed by atoms with E-state index in [1.54, 1.807) is 18.2 Å². The molecule has 1 aromatic carbocycles. The van der Waals surface area contributed by atoms with Gasteiger partial charge in [0.15, 0.2) is 0 Å². The summed E-state index contributed by atoms with van der Waals surface area (Å²) in [6, 6.07) is 5.23. The highest BCUT2D eigenvalue weighted by Crippen LogP contribution is 2.28. The highest BCUT2D eigenvalue weighted by molar-refractivity contribution is 6.30. The molecule has 1 heterocycles. The molecule has 1 fully saturated rings. The maximum atomic E-state index is 11.0. The highest BCUT2D eigenvalue weighted by Gasteiger charge is 2.37. The third-order valence-electron chi connectivity index (χ3n) is 3.08. The van der Waals surface area contributed by atoms with E-state index in [1.165, 1.54) is 6.92 Å². The zero-order valence-corrected chi connectivity index (χ0v) is 12.1. The number of rotatable bonds is 4. The largest absolute Gasteiger partial charge is 0.460 e. The number of hydrogen-bond donors (Lipinski definition) is 1. The lowest BCUT2D eigenvalue weighted by atomic mass is 10.0. The molecule has 0 saturated carbocycles. The van der Waals surface area contributed by atoms with Crippen molar-refractivity contribution in [3.05, 3.63) is 28.8 Å². The van der Waals surface area contributed by atoms with Crippen LogP contribution in [0.4, 0.5) is 5.69 Å². The Bertz CT molecular complexity index is 486. The molecule has 0 aliphatic carbocycles. The molecule has 0 spiro atoms. The number of carbonyl (C=O) groups excluding carboxylic acids is 1. The minimum absolute atomic E-state index is 0.0360. The van der Waals surface area contributed by atoms with Crippen LogP contribution in [0, 0.1) is 0 Å². The van der Waals surface area contributed by atoms with Gasteiger partial charge in [0.2, 0.25) is 5.79 Å². The molecule has 1 aromatic rings. The van der Waals surface area contributed by atoms with Crippen LogP contribution < -0.4 is 5.73 Å². The van der Waals surface area contributed by atoms with Crippen molar-refractivity contribution in [2.45, 2.75) is 25.6 Å². The summed E-state index contributed by atoms with van der Waals surface area (Å²) in [4.78, 5) is 11.0. The summed E-state index contributed by atoms with van der Waals surface area (Å²) in [5, 5.41) is 0.590. The number of nitrogen functional groups attached to an aromatic ring is 1. The van der Waals surface area contributed by atoms with Gasteiger partial charge in [0.25, 0.3) is 0 Å². The molecule has 110 valence electrons. The second kappa shape index (κ2) is 6.43. The van der Waals surface area contributed by atoms with E-state index in [4.69, 9.17) is 31.5 Å². The molecule has 1 aliphatic heterocycles. The van der Waals surface area contributed by atoms with Crippen LogP contribution >= 0.6 is 11.6 Å². The summed E-state index contributed by atoms with van der Waals surface area (Å²) in [5.74, 6) is -1.36. The average Bonchev–Trinajstić information content (AvgIpc) is 2.42. The first-order valence-electron chi connectivity index (χ1n) is 6.46. The van der Waals surface area contributed by atoms with Gasteiger partial charge in [0.1, 0.15) is 6.61 Å². The molecule has 6 heteroatoms. The molecule has 0 radical (unpaired) electrons. The molecule has 0 bridgehead atoms. The fourth-order valence-corrected chi connectivity index (χ4v) is 2.28. The number of carbonyl (C=O) groups is 1. The molecule has 0 unspecified atom stereocenters. The van der Waals surface area contributed by atoms with E-state index < -0.39 is 5.79 Å². The van der Waals surface area contributed by atoms with Crippen LogP contribution in [0.2, 0.25) is 5.02 Å². The van der Waals surface area contributed by atoms with E-state index in [-0.39, 0.29) is 12.6 Å². The van der Waals surface area contributed by atoms with Crippen LogP contribution in [0.1, 0.15) is 18.9 Å². The fourth-order valence-electron chi connectivity index (χ4n) is 2.08. The topological polar surface area (TPSA) is 70.8 Å². The van der Waals surface area contributed by atoms with Gasteiger partial charge in [0.05, 0.1) is 13.2 Å². The predicted molar refractivity (Wildman–Crippen MR) is 75.5 cm³/mol. The number of ether oxygens (including phenoxy) is 3. The molecule has 1 saturated heterocycles. The summed E-state index contributed by atoms with van der Waals surface area (Å²) in [7, 11) is 0. The first-order valence-corrected chi connectivity index (χ1v) is 6.84. The van der Waals surface area contributed by atoms with Crippen molar-refractivity contribution < 1.29 is 19.0 Å². The van der Waals surface area contributed by atoms with Gasteiger partial charge in [-0.3, -0.25) is 4.79 Å². The van der Waals surface area contributed by atoms with Gasteiger partial charge in [-0.25, -0.2) is 0 Å².